The van der Waals surface area contributed by atoms with Crippen molar-refractivity contribution in [1.82, 2.24) is 29.2 Å². The van der Waals surface area contributed by atoms with Crippen LogP contribution in [0.4, 0.5) is 5.95 Å². The Hall–Kier alpha value is -3.94. The van der Waals surface area contributed by atoms with Crippen molar-refractivity contribution in [2.45, 2.75) is 70.9 Å². The fraction of sp³-hybridized carbons (Fsp3) is 0.421. The molecule has 0 spiro atoms. The predicted octanol–water partition coefficient (Wildman–Crippen LogP) is 8.80. The summed E-state index contributed by atoms with van der Waals surface area (Å²) in [6, 6.07) is 16.5. The van der Waals surface area contributed by atoms with Gasteiger partial charge in [-0.2, -0.15) is 5.10 Å². The molecule has 6 aromatic rings. The van der Waals surface area contributed by atoms with E-state index < -0.39 is 8.07 Å². The number of hydrogen-bond acceptors (Lipinski definition) is 8. The third kappa shape index (κ3) is 8.00. The fourth-order valence-electron chi connectivity index (χ4n) is 6.30. The second kappa shape index (κ2) is 15.1. The lowest BCUT2D eigenvalue weighted by atomic mass is 10.0. The second-order valence-corrected chi connectivity index (χ2v) is 21.2. The quantitative estimate of drug-likeness (QED) is 0.0483. The Kier molecular flexibility index (Phi) is 10.4. The molecule has 1 aliphatic heterocycles. The third-order valence-corrected chi connectivity index (χ3v) is 11.8. The molecule has 1 atom stereocenters. The van der Waals surface area contributed by atoms with Gasteiger partial charge in [0.2, 0.25) is 0 Å². The third-order valence-electron chi connectivity index (χ3n) is 8.94. The maximum atomic E-state index is 6.21. The zero-order chi connectivity index (χ0) is 34.7. The molecule has 2 aromatic carbocycles. The first-order valence-electron chi connectivity index (χ1n) is 17.6. The van der Waals surface area contributed by atoms with E-state index >= 15 is 0 Å². The smallest absolute Gasteiger partial charge is 0.251 e. The molecule has 1 unspecified atom stereocenters. The van der Waals surface area contributed by atoms with E-state index in [4.69, 9.17) is 24.3 Å². The molecule has 5 heterocycles. The number of ether oxygens (including phenoxy) is 3. The van der Waals surface area contributed by atoms with Crippen LogP contribution in [0.2, 0.25) is 25.7 Å². The summed E-state index contributed by atoms with van der Waals surface area (Å²) < 4.78 is 23.6. The van der Waals surface area contributed by atoms with Crippen molar-refractivity contribution in [3.8, 4) is 21.6 Å². The summed E-state index contributed by atoms with van der Waals surface area (Å²) in [7, 11) is 2.67. The van der Waals surface area contributed by atoms with Crippen LogP contribution in [0.15, 0.2) is 66.0 Å². The Labute approximate surface area is 298 Å². The van der Waals surface area contributed by atoms with Crippen molar-refractivity contribution in [2.24, 2.45) is 4.99 Å². The number of rotatable bonds is 14. The Morgan fingerprint density at radius 1 is 1.06 bits per heavy atom. The van der Waals surface area contributed by atoms with E-state index in [-0.39, 0.29) is 6.29 Å². The van der Waals surface area contributed by atoms with Crippen LogP contribution in [-0.2, 0) is 27.5 Å². The van der Waals surface area contributed by atoms with Crippen LogP contribution in [0.3, 0.4) is 0 Å². The first-order chi connectivity index (χ1) is 24.2. The molecule has 4 aromatic heterocycles. The minimum atomic E-state index is -1.20. The molecule has 0 aliphatic carbocycles. The lowest BCUT2D eigenvalue weighted by molar-refractivity contribution is -0.162. The Bertz CT molecular complexity index is 2070. The average molecular weight is 710 g/mol. The number of aryl methyl sites for hydroxylation is 1. The standard InChI is InChI=1S/C38H47N7O3SSi/c1-43(2)25-40-38-39-23-32-36(42-38)31(24-44(32)14-10-16-48-35-13-8-9-15-47-35)28-19-29-22-41-45(26-46-17-18-50(3,4)5)37(29)30(20-28)34-21-27-11-6-7-12-33(27)49-34/h6-7,11-12,19-25,35H,8-10,13-18,26H2,1-5H3. The average Bonchev–Trinajstić information content (AvgIpc) is 3.82. The normalized spacial score (nSPS) is 15.7. The van der Waals surface area contributed by atoms with Gasteiger partial charge in [-0.15, -0.1) is 11.3 Å². The molecule has 10 nitrogen and oxygen atoms in total. The molecule has 0 N–H and O–H groups in total. The largest absolute Gasteiger partial charge is 0.369 e. The van der Waals surface area contributed by atoms with Crippen LogP contribution in [0, 0.1) is 0 Å². The van der Waals surface area contributed by atoms with Crippen LogP contribution in [0.1, 0.15) is 25.7 Å². The minimum Gasteiger partial charge on any atom is -0.369 e. The van der Waals surface area contributed by atoms with Crippen LogP contribution in [-0.4, -0.2) is 83.8 Å². The minimum absolute atomic E-state index is 0.0909. The van der Waals surface area contributed by atoms with E-state index in [0.29, 0.717) is 19.3 Å². The van der Waals surface area contributed by atoms with Crippen molar-refractivity contribution in [3.63, 3.8) is 0 Å². The molecule has 0 saturated carbocycles. The number of aromatic nitrogens is 5. The number of nitrogens with zero attached hydrogens (tertiary/aromatic N) is 7. The molecule has 7 rings (SSSR count). The lowest BCUT2D eigenvalue weighted by Gasteiger charge is -2.22. The summed E-state index contributed by atoms with van der Waals surface area (Å²) in [6.07, 6.45) is 11.8. The van der Waals surface area contributed by atoms with Gasteiger partial charge in [-0.1, -0.05) is 37.8 Å². The Balaban J connectivity index is 1.28. The first-order valence-corrected chi connectivity index (χ1v) is 22.1. The van der Waals surface area contributed by atoms with Gasteiger partial charge in [-0.05, 0) is 66.9 Å². The van der Waals surface area contributed by atoms with Gasteiger partial charge in [0.1, 0.15) is 12.2 Å². The summed E-state index contributed by atoms with van der Waals surface area (Å²) in [6.45, 7) is 10.5. The maximum absolute atomic E-state index is 6.21. The summed E-state index contributed by atoms with van der Waals surface area (Å²) >= 11 is 1.80. The van der Waals surface area contributed by atoms with E-state index in [1.807, 2.05) is 36.1 Å². The molecule has 0 radical (unpaired) electrons. The van der Waals surface area contributed by atoms with Gasteiger partial charge < -0.3 is 23.7 Å². The van der Waals surface area contributed by atoms with Crippen LogP contribution < -0.4 is 0 Å². The van der Waals surface area contributed by atoms with E-state index in [1.54, 1.807) is 17.7 Å². The maximum Gasteiger partial charge on any atom is 0.251 e. The molecule has 50 heavy (non-hydrogen) atoms. The fourth-order valence-corrected chi connectivity index (χ4v) is 8.13. The molecule has 1 fully saturated rings. The van der Waals surface area contributed by atoms with E-state index in [1.165, 1.54) is 15.0 Å². The van der Waals surface area contributed by atoms with E-state index in [9.17, 15) is 0 Å². The zero-order valence-corrected chi connectivity index (χ0v) is 31.6. The highest BCUT2D eigenvalue weighted by molar-refractivity contribution is 7.22. The predicted molar refractivity (Wildman–Crippen MR) is 207 cm³/mol. The molecule has 1 aliphatic rings. The SMILES string of the molecule is CN(C)C=Nc1ncc2c(n1)c(-c1cc(-c3cc4ccccc4s3)c3c(cnn3COCC[Si](C)(C)C)c1)cn2CCCOC1CCCCO1. The van der Waals surface area contributed by atoms with Gasteiger partial charge in [-0.3, -0.25) is 0 Å². The number of aliphatic imine (C=N–C) groups is 1. The van der Waals surface area contributed by atoms with Gasteiger partial charge in [0.05, 0.1) is 36.4 Å². The van der Waals surface area contributed by atoms with E-state index in [0.717, 1.165) is 90.1 Å². The Morgan fingerprint density at radius 2 is 1.94 bits per heavy atom. The van der Waals surface area contributed by atoms with Gasteiger partial charge >= 0.3 is 0 Å². The van der Waals surface area contributed by atoms with Gasteiger partial charge in [-0.25, -0.2) is 19.6 Å². The zero-order valence-electron chi connectivity index (χ0n) is 29.8. The highest BCUT2D eigenvalue weighted by atomic mass is 32.1. The van der Waals surface area contributed by atoms with E-state index in [2.05, 4.69) is 82.8 Å². The molecular formula is C38H47N7O3SSi. The second-order valence-electron chi connectivity index (χ2n) is 14.5. The van der Waals surface area contributed by atoms with Crippen LogP contribution in [0.25, 0.3) is 53.6 Å². The lowest BCUT2D eigenvalue weighted by Crippen LogP contribution is -2.23. The van der Waals surface area contributed by atoms with Crippen molar-refractivity contribution < 1.29 is 14.2 Å². The highest BCUT2D eigenvalue weighted by Crippen LogP contribution is 2.41. The van der Waals surface area contributed by atoms with Gasteiger partial charge in [0.25, 0.3) is 5.95 Å². The summed E-state index contributed by atoms with van der Waals surface area (Å²) in [4.78, 5) is 17.2. The van der Waals surface area contributed by atoms with Crippen molar-refractivity contribution in [2.75, 3.05) is 33.9 Å². The Morgan fingerprint density at radius 3 is 2.74 bits per heavy atom. The molecule has 0 bridgehead atoms. The van der Waals surface area contributed by atoms with Gasteiger partial charge in [0, 0.05) is 74.2 Å². The van der Waals surface area contributed by atoms with Crippen LogP contribution in [0.5, 0.6) is 0 Å². The number of hydrogen-bond donors (Lipinski definition) is 0. The molecule has 1 saturated heterocycles. The summed E-state index contributed by atoms with van der Waals surface area (Å²) in [5, 5.41) is 7.14. The first kappa shape index (κ1) is 34.5. The molecular weight excluding hydrogens is 663 g/mol. The van der Waals surface area contributed by atoms with Gasteiger partial charge in [0.15, 0.2) is 6.29 Å². The number of thiophene rings is 1. The summed E-state index contributed by atoms with van der Waals surface area (Å²) in [5.74, 6) is 0.428. The number of fused-ring (bicyclic) bond motifs is 3. The van der Waals surface area contributed by atoms with Crippen LogP contribution >= 0.6 is 11.3 Å². The number of benzene rings is 2. The molecule has 12 heteroatoms. The highest BCUT2D eigenvalue weighted by Gasteiger charge is 2.20. The molecule has 262 valence electrons. The van der Waals surface area contributed by atoms with Crippen molar-refractivity contribution in [1.29, 1.82) is 0 Å². The summed E-state index contributed by atoms with van der Waals surface area (Å²) in [5.41, 5.74) is 6.14. The van der Waals surface area contributed by atoms with Crippen molar-refractivity contribution >= 4 is 63.7 Å². The monoisotopic (exact) mass is 709 g/mol. The van der Waals surface area contributed by atoms with Crippen molar-refractivity contribution in [3.05, 3.63) is 61.1 Å². The topological polar surface area (TPSA) is 91.8 Å². The molecule has 0 amide bonds.